The van der Waals surface area contributed by atoms with Crippen LogP contribution in [0.15, 0.2) is 41.3 Å². The van der Waals surface area contributed by atoms with Crippen molar-refractivity contribution in [3.05, 3.63) is 69.4 Å². The van der Waals surface area contributed by atoms with Gasteiger partial charge in [-0.25, -0.2) is 4.39 Å². The van der Waals surface area contributed by atoms with Gasteiger partial charge in [-0.1, -0.05) is 32.9 Å². The molecule has 7 heteroatoms. The largest absolute Gasteiger partial charge is 0.392 e. The molecule has 1 aromatic heterocycles. The highest BCUT2D eigenvalue weighted by Gasteiger charge is 2.25. The predicted molar refractivity (Wildman–Crippen MR) is 117 cm³/mol. The van der Waals surface area contributed by atoms with Gasteiger partial charge in [-0.2, -0.15) is 9.78 Å². The molecule has 2 N–H and O–H groups in total. The minimum atomic E-state index is -0.589. The molecule has 1 fully saturated rings. The number of aliphatic hydroxyl groups excluding tert-OH is 1. The molecule has 2 aromatic carbocycles. The molecule has 1 saturated heterocycles. The summed E-state index contributed by atoms with van der Waals surface area (Å²) in [5.41, 5.74) is 1.68. The van der Waals surface area contributed by atoms with Crippen LogP contribution < -0.4 is 10.9 Å². The fourth-order valence-corrected chi connectivity index (χ4v) is 4.23. The third kappa shape index (κ3) is 3.85. The topological polar surface area (TPSA) is 84.2 Å². The first-order chi connectivity index (χ1) is 14.7. The van der Waals surface area contributed by atoms with E-state index in [0.29, 0.717) is 29.6 Å². The van der Waals surface area contributed by atoms with Crippen LogP contribution in [0.1, 0.15) is 56.2 Å². The molecule has 1 amide bonds. The van der Waals surface area contributed by atoms with E-state index < -0.39 is 11.4 Å². The molecule has 0 spiro atoms. The van der Waals surface area contributed by atoms with Crippen LogP contribution in [0.3, 0.4) is 0 Å². The normalized spacial score (nSPS) is 17.1. The van der Waals surface area contributed by atoms with Gasteiger partial charge in [0.25, 0.3) is 5.56 Å². The molecule has 1 atom stereocenters. The van der Waals surface area contributed by atoms with Gasteiger partial charge in [0.15, 0.2) is 0 Å². The second-order valence-corrected chi connectivity index (χ2v) is 9.08. The zero-order chi connectivity index (χ0) is 22.3. The van der Waals surface area contributed by atoms with Crippen LogP contribution in [0, 0.1) is 5.82 Å². The number of hydrogen-bond acceptors (Lipinski definition) is 4. The van der Waals surface area contributed by atoms with E-state index in [9.17, 15) is 19.1 Å². The Bertz CT molecular complexity index is 1230. The number of rotatable bonds is 3. The Kier molecular flexibility index (Phi) is 5.39. The summed E-state index contributed by atoms with van der Waals surface area (Å²) >= 11 is 0. The number of fused-ring (bicyclic) bond motifs is 1. The van der Waals surface area contributed by atoms with Gasteiger partial charge in [0, 0.05) is 23.9 Å². The maximum Gasteiger partial charge on any atom is 0.282 e. The lowest BCUT2D eigenvalue weighted by Crippen LogP contribution is -2.33. The highest BCUT2D eigenvalue weighted by atomic mass is 19.1. The zero-order valence-electron chi connectivity index (χ0n) is 17.9. The number of carbonyl (C=O) groups excluding carboxylic acids is 1. The van der Waals surface area contributed by atoms with Crippen LogP contribution in [0.5, 0.6) is 0 Å². The van der Waals surface area contributed by atoms with E-state index in [2.05, 4.69) is 10.4 Å². The highest BCUT2D eigenvalue weighted by molar-refractivity contribution is 5.82. The van der Waals surface area contributed by atoms with Crippen molar-refractivity contribution in [3.8, 4) is 5.69 Å². The third-order valence-electron chi connectivity index (χ3n) is 5.97. The van der Waals surface area contributed by atoms with Crippen LogP contribution in [0.25, 0.3) is 16.5 Å². The lowest BCUT2D eigenvalue weighted by atomic mass is 9.86. The van der Waals surface area contributed by atoms with E-state index in [1.807, 2.05) is 26.8 Å². The Morgan fingerprint density at radius 3 is 2.71 bits per heavy atom. The van der Waals surface area contributed by atoms with E-state index in [1.54, 1.807) is 18.2 Å². The van der Waals surface area contributed by atoms with Crippen molar-refractivity contribution in [2.24, 2.45) is 0 Å². The van der Waals surface area contributed by atoms with Crippen molar-refractivity contribution in [1.29, 1.82) is 0 Å². The highest BCUT2D eigenvalue weighted by Crippen LogP contribution is 2.32. The van der Waals surface area contributed by atoms with Gasteiger partial charge >= 0.3 is 0 Å². The Morgan fingerprint density at radius 1 is 1.26 bits per heavy atom. The molecule has 0 aliphatic carbocycles. The third-order valence-corrected chi connectivity index (χ3v) is 5.97. The lowest BCUT2D eigenvalue weighted by molar-refractivity contribution is -0.122. The summed E-state index contributed by atoms with van der Waals surface area (Å²) in [4.78, 5) is 25.1. The van der Waals surface area contributed by atoms with Crippen molar-refractivity contribution in [3.63, 3.8) is 0 Å². The lowest BCUT2D eigenvalue weighted by Gasteiger charge is -2.25. The summed E-state index contributed by atoms with van der Waals surface area (Å²) in [5, 5.41) is 17.6. The van der Waals surface area contributed by atoms with Gasteiger partial charge in [0.1, 0.15) is 5.82 Å². The molecule has 6 nitrogen and oxygen atoms in total. The first kappa shape index (κ1) is 21.2. The molecule has 0 radical (unpaired) electrons. The summed E-state index contributed by atoms with van der Waals surface area (Å²) in [6.45, 7) is 6.18. The van der Waals surface area contributed by atoms with Gasteiger partial charge in [-0.15, -0.1) is 0 Å². The first-order valence-electron chi connectivity index (χ1n) is 10.4. The number of hydrogen-bond donors (Lipinski definition) is 2. The van der Waals surface area contributed by atoms with Gasteiger partial charge in [-0.3, -0.25) is 9.59 Å². The second-order valence-electron chi connectivity index (χ2n) is 9.08. The average molecular weight is 423 g/mol. The van der Waals surface area contributed by atoms with E-state index >= 15 is 0 Å². The van der Waals surface area contributed by atoms with E-state index in [4.69, 9.17) is 0 Å². The smallest absolute Gasteiger partial charge is 0.282 e. The SMILES string of the molecule is CC(C)(C)c1cc(F)c2c(=O)n(-c3cccc(C4CCNC(=O)C4)c3CO)ncc2c1. The summed E-state index contributed by atoms with van der Waals surface area (Å²) < 4.78 is 16.1. The van der Waals surface area contributed by atoms with Crippen LogP contribution >= 0.6 is 0 Å². The molecule has 0 saturated carbocycles. The van der Waals surface area contributed by atoms with Crippen LogP contribution in [0.4, 0.5) is 4.39 Å². The summed E-state index contributed by atoms with van der Waals surface area (Å²) in [6, 6.07) is 8.51. The van der Waals surface area contributed by atoms with Crippen molar-refractivity contribution in [2.75, 3.05) is 6.54 Å². The molecule has 1 aliphatic heterocycles. The van der Waals surface area contributed by atoms with Gasteiger partial charge in [-0.05, 0) is 47.1 Å². The zero-order valence-corrected chi connectivity index (χ0v) is 17.9. The van der Waals surface area contributed by atoms with Crippen molar-refractivity contribution >= 4 is 16.7 Å². The number of piperidine rings is 1. The monoisotopic (exact) mass is 423 g/mol. The molecular weight excluding hydrogens is 397 g/mol. The fourth-order valence-electron chi connectivity index (χ4n) is 4.23. The number of benzene rings is 2. The van der Waals surface area contributed by atoms with Crippen molar-refractivity contribution < 1.29 is 14.3 Å². The van der Waals surface area contributed by atoms with Gasteiger partial charge in [0.2, 0.25) is 5.91 Å². The first-order valence-corrected chi connectivity index (χ1v) is 10.4. The number of aromatic nitrogens is 2. The summed E-state index contributed by atoms with van der Waals surface area (Å²) in [7, 11) is 0. The summed E-state index contributed by atoms with van der Waals surface area (Å²) in [5.74, 6) is -0.685. The molecular formula is C24H26FN3O3. The second kappa shape index (κ2) is 7.89. The number of halogens is 1. The average Bonchev–Trinajstić information content (AvgIpc) is 2.72. The standard InChI is InChI=1S/C24H26FN3O3/c1-24(2,3)16-9-15-12-27-28(23(31)22(15)19(25)11-16)20-6-4-5-17(18(20)13-29)14-7-8-26-21(30)10-14/h4-6,9,11-12,14,29H,7-8,10,13H2,1-3H3,(H,26,30). The minimum absolute atomic E-state index is 0.0330. The molecule has 0 bridgehead atoms. The Labute approximate surface area is 179 Å². The molecule has 2 heterocycles. The van der Waals surface area contributed by atoms with E-state index in [-0.39, 0.29) is 29.2 Å². The van der Waals surface area contributed by atoms with Gasteiger partial charge in [0.05, 0.1) is 23.9 Å². The Balaban J connectivity index is 1.88. The molecule has 4 rings (SSSR count). The maximum absolute atomic E-state index is 15.0. The summed E-state index contributed by atoms with van der Waals surface area (Å²) in [6.07, 6.45) is 2.55. The molecule has 1 aliphatic rings. The van der Waals surface area contributed by atoms with E-state index in [0.717, 1.165) is 22.2 Å². The number of aliphatic hydroxyl groups is 1. The van der Waals surface area contributed by atoms with Gasteiger partial charge < -0.3 is 10.4 Å². The van der Waals surface area contributed by atoms with Crippen LogP contribution in [0.2, 0.25) is 0 Å². The number of carbonyl (C=O) groups is 1. The Hall–Kier alpha value is -3.06. The quantitative estimate of drug-likeness (QED) is 0.677. The minimum Gasteiger partial charge on any atom is -0.392 e. The van der Waals surface area contributed by atoms with Crippen molar-refractivity contribution in [1.82, 2.24) is 15.1 Å². The number of nitrogens with zero attached hydrogens (tertiary/aromatic N) is 2. The maximum atomic E-state index is 15.0. The van der Waals surface area contributed by atoms with E-state index in [1.165, 1.54) is 12.3 Å². The molecule has 162 valence electrons. The fraction of sp³-hybridized carbons (Fsp3) is 0.375. The van der Waals surface area contributed by atoms with Crippen LogP contribution in [-0.4, -0.2) is 27.3 Å². The predicted octanol–water partition coefficient (Wildman–Crippen LogP) is 3.31. The van der Waals surface area contributed by atoms with Crippen molar-refractivity contribution in [2.45, 2.75) is 51.6 Å². The van der Waals surface area contributed by atoms with Crippen LogP contribution in [-0.2, 0) is 16.8 Å². The molecule has 31 heavy (non-hydrogen) atoms. The number of amides is 1. The molecule has 1 unspecified atom stereocenters. The number of nitrogens with one attached hydrogen (secondary N) is 1. The molecule has 3 aromatic rings. The Morgan fingerprint density at radius 2 is 2.03 bits per heavy atom.